The van der Waals surface area contributed by atoms with Gasteiger partial charge in [0.05, 0.1) is 10.3 Å². The Morgan fingerprint density at radius 2 is 2.19 bits per heavy atom. The van der Waals surface area contributed by atoms with Crippen molar-refractivity contribution < 1.29 is 4.92 Å². The first-order chi connectivity index (χ1) is 7.49. The lowest BCUT2D eigenvalue weighted by molar-refractivity contribution is -0.418. The molecule has 88 valence electrons. The minimum atomic E-state index is -0.551. The summed E-state index contributed by atoms with van der Waals surface area (Å²) in [6.45, 7) is 5.19. The van der Waals surface area contributed by atoms with Gasteiger partial charge in [-0.05, 0) is 18.6 Å². The highest BCUT2D eigenvalue weighted by Gasteiger charge is 2.09. The van der Waals surface area contributed by atoms with E-state index < -0.39 is 4.92 Å². The quantitative estimate of drug-likeness (QED) is 0.236. The highest BCUT2D eigenvalue weighted by atomic mass is 35.5. The van der Waals surface area contributed by atoms with E-state index >= 15 is 0 Å². The van der Waals surface area contributed by atoms with Crippen LogP contribution in [0.15, 0.2) is 41.6 Å². The fourth-order valence-corrected chi connectivity index (χ4v) is 1.01. The molecule has 0 aliphatic carbocycles. The van der Waals surface area contributed by atoms with Gasteiger partial charge in [0.2, 0.25) is 0 Å². The summed E-state index contributed by atoms with van der Waals surface area (Å²) in [5.74, 6) is 0.0653. The van der Waals surface area contributed by atoms with Crippen LogP contribution in [0.4, 0.5) is 0 Å². The van der Waals surface area contributed by atoms with Crippen LogP contribution in [0, 0.1) is 16.0 Å². The number of hydrogen-bond acceptors (Lipinski definition) is 3. The topological polar surface area (TPSA) is 55.5 Å². The van der Waals surface area contributed by atoms with Crippen molar-refractivity contribution >= 4 is 17.8 Å². The van der Waals surface area contributed by atoms with E-state index in [2.05, 4.69) is 11.6 Å². The molecule has 2 unspecified atom stereocenters. The maximum absolute atomic E-state index is 10.3. The zero-order chi connectivity index (χ0) is 12.6. The molecular formula is C11H15ClN2O2. The van der Waals surface area contributed by atoms with Crippen LogP contribution < -0.4 is 0 Å². The van der Waals surface area contributed by atoms with Gasteiger partial charge in [-0.3, -0.25) is 15.1 Å². The molecule has 5 heteroatoms. The van der Waals surface area contributed by atoms with Gasteiger partial charge in [-0.15, -0.1) is 11.6 Å². The molecule has 0 fully saturated rings. The Bertz CT molecular complexity index is 335. The molecule has 0 radical (unpaired) electrons. The SMILES string of the molecule is C=C(/C=C\C(Cl)C(C)/C=C\C=NC)[N+](=O)[O-]. The lowest BCUT2D eigenvalue weighted by Gasteiger charge is -2.08. The van der Waals surface area contributed by atoms with E-state index in [-0.39, 0.29) is 17.0 Å². The molecule has 0 aliphatic rings. The summed E-state index contributed by atoms with van der Waals surface area (Å²) in [4.78, 5) is 13.5. The standard InChI is InChI=1S/C11H15ClN2O2/c1-9(5-4-8-13-3)11(12)7-6-10(2)14(15)16/h4-9,11H,2H2,1,3H3/b5-4-,7-6-,13-8?. The second kappa shape index (κ2) is 7.82. The van der Waals surface area contributed by atoms with Crippen molar-refractivity contribution in [1.82, 2.24) is 0 Å². The van der Waals surface area contributed by atoms with E-state index in [0.29, 0.717) is 0 Å². The van der Waals surface area contributed by atoms with Crippen LogP contribution in [-0.4, -0.2) is 23.6 Å². The molecule has 0 saturated carbocycles. The predicted octanol–water partition coefficient (Wildman–Crippen LogP) is 2.83. The molecule has 0 rings (SSSR count). The normalized spacial score (nSPS) is 15.9. The van der Waals surface area contributed by atoms with Gasteiger partial charge in [0, 0.05) is 19.3 Å². The van der Waals surface area contributed by atoms with Gasteiger partial charge in [-0.25, -0.2) is 0 Å². The molecule has 0 heterocycles. The van der Waals surface area contributed by atoms with Crippen LogP contribution in [0.2, 0.25) is 0 Å². The summed E-state index contributed by atoms with van der Waals surface area (Å²) in [7, 11) is 1.67. The molecule has 0 aliphatic heterocycles. The van der Waals surface area contributed by atoms with Crippen LogP contribution in [0.3, 0.4) is 0 Å². The highest BCUT2D eigenvalue weighted by molar-refractivity contribution is 6.22. The largest absolute Gasteiger partial charge is 0.297 e. The summed E-state index contributed by atoms with van der Waals surface area (Å²) in [6, 6.07) is 0. The van der Waals surface area contributed by atoms with Gasteiger partial charge in [0.25, 0.3) is 5.70 Å². The van der Waals surface area contributed by atoms with Gasteiger partial charge in [0.15, 0.2) is 0 Å². The molecule has 0 amide bonds. The van der Waals surface area contributed by atoms with Crippen LogP contribution in [0.25, 0.3) is 0 Å². The molecule has 0 bridgehead atoms. The monoisotopic (exact) mass is 242 g/mol. The fraction of sp³-hybridized carbons (Fsp3) is 0.364. The summed E-state index contributed by atoms with van der Waals surface area (Å²) >= 11 is 6.01. The summed E-state index contributed by atoms with van der Waals surface area (Å²) < 4.78 is 0. The molecule has 0 aromatic carbocycles. The fourth-order valence-electron chi connectivity index (χ4n) is 0.856. The van der Waals surface area contributed by atoms with Gasteiger partial charge < -0.3 is 0 Å². The van der Waals surface area contributed by atoms with Crippen molar-refractivity contribution in [2.75, 3.05) is 7.05 Å². The van der Waals surface area contributed by atoms with Gasteiger partial charge >= 0.3 is 0 Å². The second-order valence-electron chi connectivity index (χ2n) is 3.20. The number of aliphatic imine (C=N–C) groups is 1. The Hall–Kier alpha value is -1.42. The number of alkyl halides is 1. The number of nitrogens with zero attached hydrogens (tertiary/aromatic N) is 2. The Morgan fingerprint density at radius 3 is 2.69 bits per heavy atom. The minimum absolute atomic E-state index is 0.0653. The molecule has 2 atom stereocenters. The average Bonchev–Trinajstić information content (AvgIpc) is 2.25. The minimum Gasteiger partial charge on any atom is -0.297 e. The lowest BCUT2D eigenvalue weighted by Crippen LogP contribution is -2.06. The molecule has 0 aromatic rings. The van der Waals surface area contributed by atoms with E-state index in [1.165, 1.54) is 6.08 Å². The van der Waals surface area contributed by atoms with Crippen molar-refractivity contribution in [3.8, 4) is 0 Å². The molecule has 0 saturated heterocycles. The number of hydrogen-bond donors (Lipinski definition) is 0. The lowest BCUT2D eigenvalue weighted by atomic mass is 10.1. The van der Waals surface area contributed by atoms with E-state index in [1.807, 2.05) is 13.0 Å². The second-order valence-corrected chi connectivity index (χ2v) is 3.71. The molecule has 0 N–H and O–H groups in total. The predicted molar refractivity (Wildman–Crippen MR) is 67.6 cm³/mol. The Labute approximate surface area is 100 Å². The summed E-state index contributed by atoms with van der Waals surface area (Å²) in [5.41, 5.74) is -0.169. The van der Waals surface area contributed by atoms with Crippen LogP contribution in [0.1, 0.15) is 6.92 Å². The van der Waals surface area contributed by atoms with E-state index in [1.54, 1.807) is 25.4 Å². The highest BCUT2D eigenvalue weighted by Crippen LogP contribution is 2.14. The van der Waals surface area contributed by atoms with Crippen molar-refractivity contribution in [3.05, 3.63) is 46.7 Å². The molecule has 0 spiro atoms. The third-order valence-electron chi connectivity index (χ3n) is 1.86. The van der Waals surface area contributed by atoms with Crippen LogP contribution in [0.5, 0.6) is 0 Å². The Kier molecular flexibility index (Phi) is 7.12. The van der Waals surface area contributed by atoms with Crippen molar-refractivity contribution in [2.24, 2.45) is 10.9 Å². The van der Waals surface area contributed by atoms with E-state index in [9.17, 15) is 10.1 Å². The Morgan fingerprint density at radius 1 is 1.56 bits per heavy atom. The molecule has 0 aromatic heterocycles. The number of rotatable bonds is 6. The third-order valence-corrected chi connectivity index (χ3v) is 2.40. The zero-order valence-electron chi connectivity index (χ0n) is 9.34. The maximum atomic E-state index is 10.3. The van der Waals surface area contributed by atoms with Crippen molar-refractivity contribution in [3.63, 3.8) is 0 Å². The van der Waals surface area contributed by atoms with E-state index in [0.717, 1.165) is 0 Å². The van der Waals surface area contributed by atoms with Crippen LogP contribution in [-0.2, 0) is 0 Å². The first kappa shape index (κ1) is 14.6. The first-order valence-electron chi connectivity index (χ1n) is 4.73. The Balaban J connectivity index is 4.29. The number of halogens is 1. The van der Waals surface area contributed by atoms with Crippen molar-refractivity contribution in [1.29, 1.82) is 0 Å². The molecular weight excluding hydrogens is 228 g/mol. The molecule has 16 heavy (non-hydrogen) atoms. The first-order valence-corrected chi connectivity index (χ1v) is 5.17. The third kappa shape index (κ3) is 6.14. The van der Waals surface area contributed by atoms with Crippen molar-refractivity contribution in [2.45, 2.75) is 12.3 Å². The zero-order valence-corrected chi connectivity index (χ0v) is 10.1. The number of nitro groups is 1. The van der Waals surface area contributed by atoms with Gasteiger partial charge in [-0.1, -0.05) is 19.1 Å². The smallest absolute Gasteiger partial charge is 0.262 e. The average molecular weight is 243 g/mol. The van der Waals surface area contributed by atoms with E-state index in [4.69, 9.17) is 11.6 Å². The molecule has 4 nitrogen and oxygen atoms in total. The summed E-state index contributed by atoms with van der Waals surface area (Å²) in [6.07, 6.45) is 8.20. The number of allylic oxidation sites excluding steroid dienone is 4. The van der Waals surface area contributed by atoms with Crippen LogP contribution >= 0.6 is 11.6 Å². The summed E-state index contributed by atoms with van der Waals surface area (Å²) in [5, 5.41) is 9.97. The van der Waals surface area contributed by atoms with Gasteiger partial charge in [0.1, 0.15) is 0 Å². The van der Waals surface area contributed by atoms with Gasteiger partial charge in [-0.2, -0.15) is 0 Å². The maximum Gasteiger partial charge on any atom is 0.262 e.